The largest absolute Gasteiger partial charge is 0.445 e. The van der Waals surface area contributed by atoms with E-state index >= 15 is 0 Å². The lowest BCUT2D eigenvalue weighted by atomic mass is 9.91. The minimum Gasteiger partial charge on any atom is -0.445 e. The predicted molar refractivity (Wildman–Crippen MR) is 109 cm³/mol. The standard InChI is InChI=1S/C19H22FN2O7S/c1-10(23)21(18(26)28-2)8-12-9-22(19(27)29-12)11-3-4-13(15(20)7-11)14-5-6-30-17(25)16(14)24/h3-4,7,12,14H,2,5-6,8-9H2,1H3,30H4. The number of carbonyl (C=O) groups excluding carboxylic acids is 5. The quantitative estimate of drug-likeness (QED) is 0.645. The number of ether oxygens (including phenoxy) is 2. The normalized spacial score (nSPS) is 21.7. The molecule has 1 aromatic carbocycles. The molecule has 30 heavy (non-hydrogen) atoms. The average molecular weight is 441 g/mol. The van der Waals surface area contributed by atoms with E-state index in [0.717, 1.165) is 22.8 Å². The molecule has 11 heteroatoms. The van der Waals surface area contributed by atoms with Gasteiger partial charge in [0.05, 0.1) is 24.7 Å². The summed E-state index contributed by atoms with van der Waals surface area (Å²) >= 11 is -1.06. The first-order valence-corrected chi connectivity index (χ1v) is 11.0. The molecule has 2 aliphatic heterocycles. The highest BCUT2D eigenvalue weighted by Crippen LogP contribution is 2.33. The van der Waals surface area contributed by atoms with Crippen LogP contribution >= 0.6 is 11.8 Å². The van der Waals surface area contributed by atoms with Crippen LogP contribution in [0.3, 0.4) is 0 Å². The van der Waals surface area contributed by atoms with Crippen LogP contribution in [0.4, 0.5) is 19.7 Å². The molecule has 2 atom stereocenters. The van der Waals surface area contributed by atoms with E-state index in [0.29, 0.717) is 12.2 Å². The van der Waals surface area contributed by atoms with Crippen molar-refractivity contribution in [3.05, 3.63) is 36.7 Å². The third-order valence-corrected chi connectivity index (χ3v) is 6.71. The SMILES string of the molecule is [CH2]OC(=O)N(CC1CN(c2ccc(C3CC[SH4]C(=O)C3=O)c(F)c2)C(=O)O1)C(C)=O. The Morgan fingerprint density at radius 3 is 2.73 bits per heavy atom. The van der Waals surface area contributed by atoms with Crippen LogP contribution in [0, 0.1) is 12.9 Å². The minimum absolute atomic E-state index is 0.0295. The Morgan fingerprint density at radius 1 is 1.37 bits per heavy atom. The summed E-state index contributed by atoms with van der Waals surface area (Å²) in [6.07, 6.45) is -2.15. The highest BCUT2D eigenvalue weighted by atomic mass is 32.2. The number of ketones is 1. The lowest BCUT2D eigenvalue weighted by molar-refractivity contribution is -0.133. The first-order valence-electron chi connectivity index (χ1n) is 9.31. The van der Waals surface area contributed by atoms with Crippen molar-refractivity contribution in [1.29, 1.82) is 0 Å². The lowest BCUT2D eigenvalue weighted by Crippen LogP contribution is -2.41. The van der Waals surface area contributed by atoms with E-state index in [9.17, 15) is 28.4 Å². The third kappa shape index (κ3) is 4.30. The fraction of sp³-hybridized carbons (Fsp3) is 0.368. The van der Waals surface area contributed by atoms with Crippen molar-refractivity contribution in [3.8, 4) is 0 Å². The molecule has 0 aromatic heterocycles. The van der Waals surface area contributed by atoms with Crippen molar-refractivity contribution < 1.29 is 37.8 Å². The molecule has 163 valence electrons. The summed E-state index contributed by atoms with van der Waals surface area (Å²) in [6, 6.07) is 3.98. The maximum absolute atomic E-state index is 14.7. The third-order valence-electron chi connectivity index (χ3n) is 5.14. The molecule has 2 heterocycles. The van der Waals surface area contributed by atoms with Crippen LogP contribution in [0.5, 0.6) is 0 Å². The van der Waals surface area contributed by atoms with Gasteiger partial charge in [0, 0.05) is 6.92 Å². The van der Waals surface area contributed by atoms with E-state index in [2.05, 4.69) is 11.8 Å². The van der Waals surface area contributed by atoms with Gasteiger partial charge in [0.2, 0.25) is 16.8 Å². The summed E-state index contributed by atoms with van der Waals surface area (Å²) in [7, 11) is 2.96. The van der Waals surface area contributed by atoms with Gasteiger partial charge in [-0.05, 0) is 29.9 Å². The number of Topliss-reactive ketones (excluding diaryl/α,β-unsaturated/α-hetero) is 1. The van der Waals surface area contributed by atoms with Crippen LogP contribution in [-0.2, 0) is 23.9 Å². The Balaban J connectivity index is 1.75. The predicted octanol–water partition coefficient (Wildman–Crippen LogP) is 1.17. The van der Waals surface area contributed by atoms with Gasteiger partial charge in [0.25, 0.3) is 0 Å². The number of benzene rings is 1. The van der Waals surface area contributed by atoms with E-state index in [-0.39, 0.29) is 29.5 Å². The topological polar surface area (TPSA) is 110 Å². The molecule has 3 amide bonds. The van der Waals surface area contributed by atoms with Crippen molar-refractivity contribution in [2.24, 2.45) is 0 Å². The Hall–Kier alpha value is -2.95. The molecule has 2 fully saturated rings. The highest BCUT2D eigenvalue weighted by Gasteiger charge is 2.37. The molecule has 3 rings (SSSR count). The van der Waals surface area contributed by atoms with E-state index in [1.165, 1.54) is 12.1 Å². The van der Waals surface area contributed by atoms with Gasteiger partial charge in [-0.25, -0.2) is 18.9 Å². The smallest absolute Gasteiger partial charge is 0.416 e. The van der Waals surface area contributed by atoms with E-state index in [1.54, 1.807) is 0 Å². The first kappa shape index (κ1) is 21.8. The number of amides is 3. The number of hydrogen-bond donors (Lipinski definition) is 0. The van der Waals surface area contributed by atoms with Crippen molar-refractivity contribution >= 4 is 46.4 Å². The summed E-state index contributed by atoms with van der Waals surface area (Å²) in [4.78, 5) is 61.2. The van der Waals surface area contributed by atoms with Gasteiger partial charge < -0.3 is 9.47 Å². The zero-order valence-electron chi connectivity index (χ0n) is 16.3. The number of imide groups is 1. The zero-order valence-corrected chi connectivity index (χ0v) is 17.7. The van der Waals surface area contributed by atoms with Gasteiger partial charge >= 0.3 is 12.2 Å². The second-order valence-electron chi connectivity index (χ2n) is 7.09. The number of halogens is 1. The maximum Gasteiger partial charge on any atom is 0.416 e. The van der Waals surface area contributed by atoms with Crippen LogP contribution in [-0.4, -0.2) is 58.8 Å². The monoisotopic (exact) mass is 441 g/mol. The van der Waals surface area contributed by atoms with Gasteiger partial charge in [-0.3, -0.25) is 31.0 Å². The number of cyclic esters (lactones) is 1. The van der Waals surface area contributed by atoms with Crippen LogP contribution in [0.2, 0.25) is 0 Å². The number of nitrogens with zero attached hydrogens (tertiary/aromatic N) is 2. The van der Waals surface area contributed by atoms with Crippen LogP contribution in [0.15, 0.2) is 18.2 Å². The molecule has 2 aliphatic rings. The molecule has 0 saturated carbocycles. The van der Waals surface area contributed by atoms with E-state index in [1.807, 2.05) is 0 Å². The molecule has 0 spiro atoms. The molecule has 0 aliphatic carbocycles. The Labute approximate surface area is 175 Å². The van der Waals surface area contributed by atoms with Crippen molar-refractivity contribution in [1.82, 2.24) is 4.90 Å². The zero-order chi connectivity index (χ0) is 22.0. The molecule has 2 saturated heterocycles. The summed E-state index contributed by atoms with van der Waals surface area (Å²) < 4.78 is 24.2. The lowest BCUT2D eigenvalue weighted by Gasteiger charge is -2.23. The number of rotatable bonds is 4. The van der Waals surface area contributed by atoms with Crippen LogP contribution in [0.1, 0.15) is 24.8 Å². The first-order chi connectivity index (χ1) is 14.2. The summed E-state index contributed by atoms with van der Waals surface area (Å²) in [5, 5.41) is -0.364. The van der Waals surface area contributed by atoms with Crippen molar-refractivity contribution in [2.45, 2.75) is 25.4 Å². The van der Waals surface area contributed by atoms with Crippen LogP contribution < -0.4 is 4.90 Å². The van der Waals surface area contributed by atoms with E-state index < -0.39 is 53.5 Å². The maximum atomic E-state index is 14.7. The Bertz CT molecular complexity index is 922. The van der Waals surface area contributed by atoms with Crippen molar-refractivity contribution in [2.75, 3.05) is 23.7 Å². The number of hydrogen-bond acceptors (Lipinski definition) is 7. The Morgan fingerprint density at radius 2 is 2.10 bits per heavy atom. The van der Waals surface area contributed by atoms with Crippen molar-refractivity contribution in [3.63, 3.8) is 0 Å². The fourth-order valence-electron chi connectivity index (χ4n) is 3.62. The number of anilines is 1. The molecular weight excluding hydrogens is 419 g/mol. The summed E-state index contributed by atoms with van der Waals surface area (Å²) in [5.41, 5.74) is 0.331. The van der Waals surface area contributed by atoms with Gasteiger partial charge in [-0.1, -0.05) is 6.07 Å². The molecule has 1 radical (unpaired) electrons. The number of carbonyl (C=O) groups is 5. The fourth-order valence-corrected chi connectivity index (χ4v) is 5.05. The second-order valence-corrected chi connectivity index (χ2v) is 8.94. The Kier molecular flexibility index (Phi) is 6.40. The molecular formula is C19H22FN2O7S. The van der Waals surface area contributed by atoms with Gasteiger partial charge in [-0.15, -0.1) is 0 Å². The van der Waals surface area contributed by atoms with Gasteiger partial charge in [0.15, 0.2) is 0 Å². The second kappa shape index (κ2) is 8.82. The summed E-state index contributed by atoms with van der Waals surface area (Å²) in [5.74, 6) is -1.97. The molecule has 9 nitrogen and oxygen atoms in total. The van der Waals surface area contributed by atoms with Gasteiger partial charge in [0.1, 0.15) is 19.0 Å². The molecule has 1 aromatic rings. The minimum atomic E-state index is -1.06. The molecule has 2 unspecified atom stereocenters. The van der Waals surface area contributed by atoms with Gasteiger partial charge in [-0.2, -0.15) is 0 Å². The molecule has 0 N–H and O–H groups in total. The summed E-state index contributed by atoms with van der Waals surface area (Å²) in [6.45, 7) is 0.882. The van der Waals surface area contributed by atoms with Crippen LogP contribution in [0.25, 0.3) is 0 Å². The highest BCUT2D eigenvalue weighted by molar-refractivity contribution is 8.15. The van der Waals surface area contributed by atoms with E-state index in [4.69, 9.17) is 4.74 Å². The molecule has 0 bridgehead atoms. The average Bonchev–Trinajstić information content (AvgIpc) is 3.08.